The summed E-state index contributed by atoms with van der Waals surface area (Å²) in [5, 5.41) is 0. The van der Waals surface area contributed by atoms with Crippen LogP contribution in [0.15, 0.2) is 48.5 Å². The Morgan fingerprint density at radius 2 is 0.632 bits per heavy atom. The fraction of sp³-hybridized carbons (Fsp3) is 0.400. The van der Waals surface area contributed by atoms with Gasteiger partial charge < -0.3 is 0 Å². The molecule has 0 bridgehead atoms. The highest BCUT2D eigenvalue weighted by molar-refractivity contribution is 14.1. The number of alkyl halides is 16. The molecule has 0 aliphatic carbocycles. The van der Waals surface area contributed by atoms with E-state index in [-0.39, 0.29) is 0 Å². The Balaban J connectivity index is 2.93. The normalized spacial score (nSPS) is 15.1. The highest BCUT2D eigenvalue weighted by Gasteiger charge is 2.95. The van der Waals surface area contributed by atoms with E-state index >= 15 is 13.2 Å². The summed E-state index contributed by atoms with van der Waals surface area (Å²) in [4.78, 5) is 0. The Kier molecular flexibility index (Phi) is 8.43. The molecule has 18 heteroatoms. The van der Waals surface area contributed by atoms with Crippen molar-refractivity contribution in [1.29, 1.82) is 0 Å². The Labute approximate surface area is 229 Å². The van der Waals surface area contributed by atoms with Gasteiger partial charge >= 0.3 is 41.7 Å². The molecule has 2 rings (SSSR count). The molecule has 0 heterocycles. The van der Waals surface area contributed by atoms with E-state index in [0.717, 1.165) is 81.6 Å². The molecule has 0 N–H and O–H groups in total. The number of hydrogen-bond donors (Lipinski definition) is 0. The van der Waals surface area contributed by atoms with Crippen molar-refractivity contribution in [1.82, 2.24) is 0 Å². The zero-order valence-corrected chi connectivity index (χ0v) is 21.7. The maximum atomic E-state index is 16.4. The maximum absolute atomic E-state index is 16.4. The SMILES string of the molecule is FC(F)(F)C(F)(F)C(F)(F)C(F)(F)C(F)(F)C(F)(F)C(F)(F)C(F)(c1ccccc1I)c1ccccc1I. The van der Waals surface area contributed by atoms with Crippen LogP contribution >= 0.6 is 45.2 Å². The summed E-state index contributed by atoms with van der Waals surface area (Å²) in [5.74, 6) is -48.7. The molecule has 0 spiro atoms. The first-order chi connectivity index (χ1) is 16.8. The van der Waals surface area contributed by atoms with E-state index < -0.39 is 65.6 Å². The van der Waals surface area contributed by atoms with Crippen molar-refractivity contribution >= 4 is 45.2 Å². The van der Waals surface area contributed by atoms with Gasteiger partial charge in [0.25, 0.3) is 0 Å². The zero-order valence-electron chi connectivity index (χ0n) is 17.4. The number of rotatable bonds is 8. The van der Waals surface area contributed by atoms with Gasteiger partial charge in [-0.3, -0.25) is 0 Å². The largest absolute Gasteiger partial charge is 0.460 e. The van der Waals surface area contributed by atoms with E-state index in [4.69, 9.17) is 0 Å². The van der Waals surface area contributed by atoms with Crippen LogP contribution in [-0.4, -0.2) is 41.7 Å². The average Bonchev–Trinajstić information content (AvgIpc) is 2.77. The van der Waals surface area contributed by atoms with Crippen LogP contribution in [0.1, 0.15) is 11.1 Å². The summed E-state index contributed by atoms with van der Waals surface area (Å²) in [6.07, 6.45) is -7.72. The van der Waals surface area contributed by atoms with Crippen LogP contribution in [0.3, 0.4) is 0 Å². The van der Waals surface area contributed by atoms with Gasteiger partial charge in [0, 0.05) is 18.3 Å². The molecule has 0 aliphatic rings. The Morgan fingerprint density at radius 3 is 0.921 bits per heavy atom. The summed E-state index contributed by atoms with van der Waals surface area (Å²) in [6, 6.07) is 5.69. The van der Waals surface area contributed by atoms with E-state index in [9.17, 15) is 57.1 Å². The molecule has 0 amide bonds. The van der Waals surface area contributed by atoms with Gasteiger partial charge in [0.2, 0.25) is 5.67 Å². The summed E-state index contributed by atoms with van der Waals surface area (Å²) in [5.41, 5.74) is -8.39. The molecule has 0 fully saturated rings. The fourth-order valence-corrected chi connectivity index (χ4v) is 4.67. The average molecular weight is 806 g/mol. The van der Waals surface area contributed by atoms with Gasteiger partial charge in [0.05, 0.1) is 0 Å². The lowest BCUT2D eigenvalue weighted by atomic mass is 9.77. The Bertz CT molecular complexity index is 1130. The zero-order chi connectivity index (χ0) is 30.0. The highest BCUT2D eigenvalue weighted by atomic mass is 127. The topological polar surface area (TPSA) is 0 Å². The van der Waals surface area contributed by atoms with Gasteiger partial charge in [0.1, 0.15) is 0 Å². The fourth-order valence-electron chi connectivity index (χ4n) is 3.15. The molecule has 0 atom stereocenters. The first-order valence-electron chi connectivity index (χ1n) is 9.31. The van der Waals surface area contributed by atoms with E-state index in [1.807, 2.05) is 0 Å². The van der Waals surface area contributed by atoms with Crippen LogP contribution in [-0.2, 0) is 5.67 Å². The Morgan fingerprint density at radius 1 is 0.368 bits per heavy atom. The van der Waals surface area contributed by atoms with Crippen molar-refractivity contribution in [2.75, 3.05) is 0 Å². The molecule has 214 valence electrons. The van der Waals surface area contributed by atoms with E-state index in [1.54, 1.807) is 0 Å². The first-order valence-corrected chi connectivity index (χ1v) is 11.5. The van der Waals surface area contributed by atoms with Crippen molar-refractivity contribution < 1.29 is 70.2 Å². The van der Waals surface area contributed by atoms with Crippen molar-refractivity contribution in [3.8, 4) is 0 Å². The summed E-state index contributed by atoms with van der Waals surface area (Å²) < 4.78 is 222. The highest BCUT2D eigenvalue weighted by Crippen LogP contribution is 2.66. The molecule has 0 radical (unpaired) electrons. The predicted octanol–water partition coefficient (Wildman–Crippen LogP) is 9.48. The standard InChI is InChI=1S/C20H8F16I2/c21-13(9-5-1-3-7-11(9)37,10-6-2-4-8-12(10)38)14(22,23)15(24,25)16(26,27)17(28,29)18(30,31)19(32,33)20(34,35)36/h1-8H. The lowest BCUT2D eigenvalue weighted by Crippen LogP contribution is -2.74. The molecule has 2 aromatic rings. The lowest BCUT2D eigenvalue weighted by Gasteiger charge is -2.45. The van der Waals surface area contributed by atoms with Crippen LogP contribution in [0.5, 0.6) is 0 Å². The number of hydrogen-bond acceptors (Lipinski definition) is 0. The summed E-state index contributed by atoms with van der Waals surface area (Å²) in [7, 11) is 0. The minimum Gasteiger partial charge on any atom is -0.226 e. The molecule has 0 nitrogen and oxygen atoms in total. The summed E-state index contributed by atoms with van der Waals surface area (Å²) in [6.45, 7) is 0. The second-order valence-corrected chi connectivity index (χ2v) is 9.89. The molecule has 0 aromatic heterocycles. The second kappa shape index (κ2) is 9.71. The smallest absolute Gasteiger partial charge is 0.226 e. The molecule has 0 aliphatic heterocycles. The minimum absolute atomic E-state index is 0.331. The van der Waals surface area contributed by atoms with Crippen LogP contribution < -0.4 is 0 Å². The molecule has 0 saturated carbocycles. The van der Waals surface area contributed by atoms with Crippen molar-refractivity contribution in [2.45, 2.75) is 47.4 Å². The van der Waals surface area contributed by atoms with Gasteiger partial charge in [-0.05, 0) is 57.3 Å². The first kappa shape index (κ1) is 33.0. The summed E-state index contributed by atoms with van der Waals surface area (Å²) >= 11 is 2.12. The minimum atomic E-state index is -8.51. The van der Waals surface area contributed by atoms with Crippen molar-refractivity contribution in [3.63, 3.8) is 0 Å². The van der Waals surface area contributed by atoms with Crippen LogP contribution in [0.4, 0.5) is 70.2 Å². The predicted molar refractivity (Wildman–Crippen MR) is 116 cm³/mol. The van der Waals surface area contributed by atoms with Crippen LogP contribution in [0, 0.1) is 7.14 Å². The number of benzene rings is 2. The van der Waals surface area contributed by atoms with E-state index in [0.29, 0.717) is 12.1 Å². The van der Waals surface area contributed by atoms with Crippen molar-refractivity contribution in [3.05, 3.63) is 66.8 Å². The third-order valence-electron chi connectivity index (χ3n) is 5.25. The molecule has 0 unspecified atom stereocenters. The van der Waals surface area contributed by atoms with Gasteiger partial charge in [-0.2, -0.15) is 65.9 Å². The third-order valence-corrected chi connectivity index (χ3v) is 7.13. The van der Waals surface area contributed by atoms with Gasteiger partial charge in [0.15, 0.2) is 0 Å². The Hall–Kier alpha value is -1.22. The van der Waals surface area contributed by atoms with Crippen LogP contribution in [0.25, 0.3) is 0 Å². The number of halogens is 18. The second-order valence-electron chi connectivity index (χ2n) is 7.56. The lowest BCUT2D eigenvalue weighted by molar-refractivity contribution is -0.457. The van der Waals surface area contributed by atoms with Gasteiger partial charge in [-0.25, -0.2) is 4.39 Å². The van der Waals surface area contributed by atoms with E-state index in [2.05, 4.69) is 0 Å². The maximum Gasteiger partial charge on any atom is 0.460 e. The molecular weight excluding hydrogens is 798 g/mol. The monoisotopic (exact) mass is 806 g/mol. The quantitative estimate of drug-likeness (QED) is 0.184. The van der Waals surface area contributed by atoms with Crippen molar-refractivity contribution in [2.24, 2.45) is 0 Å². The molecular formula is C20H8F16I2. The van der Waals surface area contributed by atoms with Crippen LogP contribution in [0.2, 0.25) is 0 Å². The van der Waals surface area contributed by atoms with E-state index in [1.165, 1.54) is 0 Å². The van der Waals surface area contributed by atoms with Gasteiger partial charge in [-0.15, -0.1) is 0 Å². The van der Waals surface area contributed by atoms with Gasteiger partial charge in [-0.1, -0.05) is 36.4 Å². The molecule has 2 aromatic carbocycles. The molecule has 38 heavy (non-hydrogen) atoms. The molecule has 0 saturated heterocycles. The third kappa shape index (κ3) is 4.33.